The van der Waals surface area contributed by atoms with Crippen LogP contribution in [0.15, 0.2) is 54.9 Å². The molecule has 0 spiro atoms. The Labute approximate surface area is 145 Å². The minimum atomic E-state index is -0.249. The molecule has 1 aliphatic heterocycles. The highest BCUT2D eigenvalue weighted by molar-refractivity contribution is 5.95. The van der Waals surface area contributed by atoms with Gasteiger partial charge in [-0.2, -0.15) is 4.68 Å². The number of carbonyl (C=O) groups excluding carboxylic acids is 1. The van der Waals surface area contributed by atoms with Gasteiger partial charge in [0.1, 0.15) is 0 Å². The lowest BCUT2D eigenvalue weighted by Crippen LogP contribution is -2.32. The van der Waals surface area contributed by atoms with Gasteiger partial charge >= 0.3 is 0 Å². The fourth-order valence-corrected chi connectivity index (χ4v) is 2.97. The summed E-state index contributed by atoms with van der Waals surface area (Å²) in [6.45, 7) is 1.25. The van der Waals surface area contributed by atoms with E-state index >= 15 is 0 Å². The second-order valence-corrected chi connectivity index (χ2v) is 5.94. The molecule has 0 bridgehead atoms. The monoisotopic (exact) mass is 337 g/mol. The Morgan fingerprint density at radius 3 is 2.72 bits per heavy atom. The van der Waals surface area contributed by atoms with Gasteiger partial charge in [-0.1, -0.05) is 23.4 Å². The maximum atomic E-state index is 12.7. The molecule has 3 heterocycles. The fraction of sp³-hybridized carbons (Fsp3) is 0.278. The molecule has 0 radical (unpaired) electrons. The molecule has 0 aliphatic carbocycles. The van der Waals surface area contributed by atoms with Crippen LogP contribution in [0.3, 0.4) is 0 Å². The van der Waals surface area contributed by atoms with Gasteiger partial charge in [0.05, 0.1) is 11.8 Å². The summed E-state index contributed by atoms with van der Waals surface area (Å²) in [6.07, 6.45) is 5.84. The van der Waals surface area contributed by atoms with E-state index in [0.717, 1.165) is 25.1 Å². The van der Waals surface area contributed by atoms with Gasteiger partial charge in [-0.05, 0) is 37.1 Å². The zero-order valence-electron chi connectivity index (χ0n) is 13.7. The van der Waals surface area contributed by atoms with E-state index in [2.05, 4.69) is 15.6 Å². The number of benzene rings is 1. The smallest absolute Gasteiger partial charge is 0.275 e. The first-order valence-corrected chi connectivity index (χ1v) is 8.37. The Morgan fingerprint density at radius 1 is 1.20 bits per heavy atom. The highest BCUT2D eigenvalue weighted by Crippen LogP contribution is 2.18. The van der Waals surface area contributed by atoms with Gasteiger partial charge in [-0.15, -0.1) is 5.10 Å². The minimum absolute atomic E-state index is 0.0862. The van der Waals surface area contributed by atoms with Crippen LogP contribution in [0, 0.1) is 0 Å². The van der Waals surface area contributed by atoms with Gasteiger partial charge in [0.2, 0.25) is 0 Å². The summed E-state index contributed by atoms with van der Waals surface area (Å²) in [7, 11) is 0. The molecule has 3 aromatic rings. The SMILES string of the molecule is O=C(NC[C@@H]1CCCO1)c1nnn(-c2ccccc2)c1-n1cccc1. The van der Waals surface area contributed by atoms with Crippen molar-refractivity contribution in [2.24, 2.45) is 0 Å². The normalized spacial score (nSPS) is 16.9. The predicted molar refractivity (Wildman–Crippen MR) is 92.0 cm³/mol. The molecule has 7 heteroatoms. The second kappa shape index (κ2) is 6.90. The number of hydrogen-bond donors (Lipinski definition) is 1. The largest absolute Gasteiger partial charge is 0.376 e. The topological polar surface area (TPSA) is 74.0 Å². The molecular formula is C18H19N5O2. The summed E-state index contributed by atoms with van der Waals surface area (Å²) in [5, 5.41) is 11.2. The van der Waals surface area contributed by atoms with Crippen molar-refractivity contribution in [3.63, 3.8) is 0 Å². The van der Waals surface area contributed by atoms with E-state index in [1.54, 1.807) is 4.68 Å². The van der Waals surface area contributed by atoms with Crippen LogP contribution in [-0.4, -0.2) is 44.7 Å². The molecule has 4 rings (SSSR count). The van der Waals surface area contributed by atoms with Crippen molar-refractivity contribution in [3.05, 3.63) is 60.6 Å². The summed E-state index contributed by atoms with van der Waals surface area (Å²) in [5.41, 5.74) is 1.13. The molecule has 2 aromatic heterocycles. The maximum Gasteiger partial charge on any atom is 0.275 e. The zero-order chi connectivity index (χ0) is 17.1. The van der Waals surface area contributed by atoms with Crippen molar-refractivity contribution < 1.29 is 9.53 Å². The van der Waals surface area contributed by atoms with Gasteiger partial charge < -0.3 is 14.6 Å². The predicted octanol–water partition coefficient (Wildman–Crippen LogP) is 1.97. The van der Waals surface area contributed by atoms with Crippen LogP contribution in [0.2, 0.25) is 0 Å². The molecule has 7 nitrogen and oxygen atoms in total. The van der Waals surface area contributed by atoms with Crippen molar-refractivity contribution in [1.29, 1.82) is 0 Å². The van der Waals surface area contributed by atoms with Crippen LogP contribution >= 0.6 is 0 Å². The van der Waals surface area contributed by atoms with Crippen LogP contribution in [0.5, 0.6) is 0 Å². The number of aromatic nitrogens is 4. The molecular weight excluding hydrogens is 318 g/mol. The van der Waals surface area contributed by atoms with Gasteiger partial charge in [0, 0.05) is 25.5 Å². The highest BCUT2D eigenvalue weighted by atomic mass is 16.5. The second-order valence-electron chi connectivity index (χ2n) is 5.94. The molecule has 25 heavy (non-hydrogen) atoms. The first-order valence-electron chi connectivity index (χ1n) is 8.37. The van der Waals surface area contributed by atoms with E-state index in [4.69, 9.17) is 4.74 Å². The molecule has 1 saturated heterocycles. The average Bonchev–Trinajstić information content (AvgIpc) is 3.41. The molecule has 1 N–H and O–H groups in total. The Morgan fingerprint density at radius 2 is 2.00 bits per heavy atom. The molecule has 0 saturated carbocycles. The number of hydrogen-bond acceptors (Lipinski definition) is 4. The quantitative estimate of drug-likeness (QED) is 0.772. The van der Waals surface area contributed by atoms with Gasteiger partial charge in [-0.25, -0.2) is 0 Å². The average molecular weight is 337 g/mol. The Bertz CT molecular complexity index is 836. The summed E-state index contributed by atoms with van der Waals surface area (Å²) in [4.78, 5) is 12.7. The van der Waals surface area contributed by atoms with Crippen LogP contribution in [0.25, 0.3) is 11.5 Å². The van der Waals surface area contributed by atoms with Crippen LogP contribution in [-0.2, 0) is 4.74 Å². The Kier molecular flexibility index (Phi) is 4.30. The molecule has 1 fully saturated rings. The first-order chi connectivity index (χ1) is 12.3. The maximum absolute atomic E-state index is 12.7. The molecule has 0 unspecified atom stereocenters. The highest BCUT2D eigenvalue weighted by Gasteiger charge is 2.23. The molecule has 1 amide bonds. The van der Waals surface area contributed by atoms with Crippen LogP contribution < -0.4 is 5.32 Å². The van der Waals surface area contributed by atoms with Gasteiger partial charge in [0.25, 0.3) is 5.91 Å². The van der Waals surface area contributed by atoms with E-state index in [-0.39, 0.29) is 17.7 Å². The van der Waals surface area contributed by atoms with Crippen molar-refractivity contribution in [2.45, 2.75) is 18.9 Å². The lowest BCUT2D eigenvalue weighted by Gasteiger charge is -2.11. The van der Waals surface area contributed by atoms with Crippen molar-refractivity contribution >= 4 is 5.91 Å². The molecule has 128 valence electrons. The number of amides is 1. The zero-order valence-corrected chi connectivity index (χ0v) is 13.7. The summed E-state index contributed by atoms with van der Waals surface area (Å²) in [5.74, 6) is 0.363. The van der Waals surface area contributed by atoms with Crippen molar-refractivity contribution in [1.82, 2.24) is 24.9 Å². The number of para-hydroxylation sites is 1. The molecule has 1 atom stereocenters. The minimum Gasteiger partial charge on any atom is -0.376 e. The van der Waals surface area contributed by atoms with Gasteiger partial charge in [-0.3, -0.25) is 4.79 Å². The summed E-state index contributed by atoms with van der Waals surface area (Å²) >= 11 is 0. The third-order valence-electron chi connectivity index (χ3n) is 4.23. The van der Waals surface area contributed by atoms with E-state index < -0.39 is 0 Å². The molecule has 1 aromatic carbocycles. The number of carbonyl (C=O) groups is 1. The third-order valence-corrected chi connectivity index (χ3v) is 4.23. The number of ether oxygens (including phenoxy) is 1. The Hall–Kier alpha value is -2.93. The summed E-state index contributed by atoms with van der Waals surface area (Å²) < 4.78 is 9.06. The summed E-state index contributed by atoms with van der Waals surface area (Å²) in [6, 6.07) is 13.4. The van der Waals surface area contributed by atoms with E-state index in [1.165, 1.54) is 0 Å². The third kappa shape index (κ3) is 3.18. The number of nitrogens with one attached hydrogen (secondary N) is 1. The van der Waals surface area contributed by atoms with E-state index in [9.17, 15) is 4.79 Å². The molecule has 1 aliphatic rings. The lowest BCUT2D eigenvalue weighted by atomic mass is 10.2. The fourth-order valence-electron chi connectivity index (χ4n) is 2.97. The van der Waals surface area contributed by atoms with Crippen LogP contribution in [0.1, 0.15) is 23.3 Å². The number of rotatable bonds is 5. The van der Waals surface area contributed by atoms with Crippen LogP contribution in [0.4, 0.5) is 0 Å². The standard InChI is InChI=1S/C18H19N5O2/c24-17(19-13-15-9-6-12-25-15)16-18(22-10-4-5-11-22)23(21-20-16)14-7-2-1-3-8-14/h1-5,7-8,10-11,15H,6,9,12-13H2,(H,19,24)/t15-/m0/s1. The van der Waals surface area contributed by atoms with E-state index in [0.29, 0.717) is 12.4 Å². The lowest BCUT2D eigenvalue weighted by molar-refractivity contribution is 0.0853. The first kappa shape index (κ1) is 15.6. The van der Waals surface area contributed by atoms with Crippen molar-refractivity contribution in [3.8, 4) is 11.5 Å². The van der Waals surface area contributed by atoms with Crippen molar-refractivity contribution in [2.75, 3.05) is 13.2 Å². The Balaban J connectivity index is 1.65. The number of nitrogens with zero attached hydrogens (tertiary/aromatic N) is 4. The van der Waals surface area contributed by atoms with Gasteiger partial charge in [0.15, 0.2) is 11.5 Å². The van der Waals surface area contributed by atoms with E-state index in [1.807, 2.05) is 59.4 Å².